The SMILES string of the molecule is COC(=O)c1cc(NC(=O)CN(C)C(C)c2ccc(F)cc2)cc(C(=O)OC)c1. The number of likely N-dealkylation sites (N-methyl/N-ethyl adjacent to an activating group) is 1. The first-order valence-electron chi connectivity index (χ1n) is 8.82. The first kappa shape index (κ1) is 22.0. The highest BCUT2D eigenvalue weighted by Crippen LogP contribution is 2.20. The minimum atomic E-state index is -0.645. The molecular weight excluding hydrogens is 379 g/mol. The van der Waals surface area contributed by atoms with Gasteiger partial charge >= 0.3 is 11.9 Å². The zero-order chi connectivity index (χ0) is 21.6. The normalized spacial score (nSPS) is 11.7. The fourth-order valence-corrected chi connectivity index (χ4v) is 2.73. The third kappa shape index (κ3) is 5.86. The highest BCUT2D eigenvalue weighted by molar-refractivity contribution is 5.99. The Bertz CT molecular complexity index is 864. The third-order valence-corrected chi connectivity index (χ3v) is 4.47. The maximum absolute atomic E-state index is 13.1. The van der Waals surface area contributed by atoms with Gasteiger partial charge in [-0.2, -0.15) is 0 Å². The van der Waals surface area contributed by atoms with Crippen LogP contribution in [0.3, 0.4) is 0 Å². The van der Waals surface area contributed by atoms with E-state index in [1.165, 1.54) is 44.6 Å². The van der Waals surface area contributed by atoms with Crippen molar-refractivity contribution >= 4 is 23.5 Å². The molecule has 0 aliphatic rings. The van der Waals surface area contributed by atoms with Crippen LogP contribution in [-0.2, 0) is 14.3 Å². The second-order valence-electron chi connectivity index (χ2n) is 6.47. The van der Waals surface area contributed by atoms with Gasteiger partial charge in [-0.3, -0.25) is 9.69 Å². The number of rotatable bonds is 7. The molecule has 0 bridgehead atoms. The largest absolute Gasteiger partial charge is 0.465 e. The first-order valence-corrected chi connectivity index (χ1v) is 8.82. The fourth-order valence-electron chi connectivity index (χ4n) is 2.73. The first-order chi connectivity index (χ1) is 13.7. The van der Waals surface area contributed by atoms with E-state index >= 15 is 0 Å². The van der Waals surface area contributed by atoms with Crippen LogP contribution < -0.4 is 5.32 Å². The van der Waals surface area contributed by atoms with Gasteiger partial charge in [0, 0.05) is 11.7 Å². The molecular formula is C21H23FN2O5. The van der Waals surface area contributed by atoms with E-state index in [1.54, 1.807) is 24.1 Å². The molecule has 29 heavy (non-hydrogen) atoms. The molecule has 8 heteroatoms. The van der Waals surface area contributed by atoms with Crippen molar-refractivity contribution in [2.75, 3.05) is 33.1 Å². The Hall–Kier alpha value is -3.26. The van der Waals surface area contributed by atoms with E-state index in [-0.39, 0.29) is 41.1 Å². The van der Waals surface area contributed by atoms with E-state index in [1.807, 2.05) is 6.92 Å². The average molecular weight is 402 g/mol. The van der Waals surface area contributed by atoms with Crippen molar-refractivity contribution in [2.45, 2.75) is 13.0 Å². The summed E-state index contributed by atoms with van der Waals surface area (Å²) >= 11 is 0. The number of nitrogens with zero attached hydrogens (tertiary/aromatic N) is 1. The molecule has 1 atom stereocenters. The number of carbonyl (C=O) groups excluding carboxylic acids is 3. The van der Waals surface area contributed by atoms with E-state index in [4.69, 9.17) is 0 Å². The molecule has 0 aromatic heterocycles. The number of esters is 2. The summed E-state index contributed by atoms with van der Waals surface area (Å²) < 4.78 is 22.4. The van der Waals surface area contributed by atoms with Gasteiger partial charge < -0.3 is 14.8 Å². The number of halogens is 1. The molecule has 1 unspecified atom stereocenters. The van der Waals surface area contributed by atoms with Crippen molar-refractivity contribution in [2.24, 2.45) is 0 Å². The number of ether oxygens (including phenoxy) is 2. The van der Waals surface area contributed by atoms with Crippen LogP contribution in [0.4, 0.5) is 10.1 Å². The minimum absolute atomic E-state index is 0.0363. The van der Waals surface area contributed by atoms with Crippen LogP contribution in [0.5, 0.6) is 0 Å². The molecule has 0 saturated heterocycles. The summed E-state index contributed by atoms with van der Waals surface area (Å²) in [5, 5.41) is 2.67. The van der Waals surface area contributed by atoms with Gasteiger partial charge in [0.25, 0.3) is 0 Å². The highest BCUT2D eigenvalue weighted by Gasteiger charge is 2.18. The van der Waals surface area contributed by atoms with E-state index in [9.17, 15) is 18.8 Å². The summed E-state index contributed by atoms with van der Waals surface area (Å²) in [4.78, 5) is 37.9. The molecule has 0 saturated carbocycles. The summed E-state index contributed by atoms with van der Waals surface area (Å²) in [6.45, 7) is 1.93. The number of hydrogen-bond donors (Lipinski definition) is 1. The Balaban J connectivity index is 2.13. The number of hydrogen-bond acceptors (Lipinski definition) is 6. The maximum atomic E-state index is 13.1. The zero-order valence-electron chi connectivity index (χ0n) is 16.7. The van der Waals surface area contributed by atoms with Gasteiger partial charge in [0.15, 0.2) is 0 Å². The number of carbonyl (C=O) groups is 3. The topological polar surface area (TPSA) is 84.9 Å². The molecule has 1 amide bonds. The van der Waals surface area contributed by atoms with Gasteiger partial charge in [0.2, 0.25) is 5.91 Å². The van der Waals surface area contributed by atoms with Crippen molar-refractivity contribution in [3.8, 4) is 0 Å². The van der Waals surface area contributed by atoms with E-state index in [2.05, 4.69) is 14.8 Å². The summed E-state index contributed by atoms with van der Waals surface area (Å²) in [5.74, 6) is -1.96. The molecule has 154 valence electrons. The molecule has 7 nitrogen and oxygen atoms in total. The number of methoxy groups -OCH3 is 2. The van der Waals surface area contributed by atoms with Crippen molar-refractivity contribution in [3.05, 3.63) is 65.0 Å². The van der Waals surface area contributed by atoms with E-state index in [0.29, 0.717) is 0 Å². The maximum Gasteiger partial charge on any atom is 0.337 e. The summed E-state index contributed by atoms with van der Waals surface area (Å²) in [7, 11) is 4.20. The lowest BCUT2D eigenvalue weighted by Gasteiger charge is -2.24. The quantitative estimate of drug-likeness (QED) is 0.717. The Kier molecular flexibility index (Phi) is 7.44. The van der Waals surface area contributed by atoms with Crippen LogP contribution >= 0.6 is 0 Å². The van der Waals surface area contributed by atoms with Crippen LogP contribution in [0.25, 0.3) is 0 Å². The molecule has 0 radical (unpaired) electrons. The van der Waals surface area contributed by atoms with Crippen LogP contribution in [-0.4, -0.2) is 50.6 Å². The lowest BCUT2D eigenvalue weighted by molar-refractivity contribution is -0.117. The van der Waals surface area contributed by atoms with E-state index < -0.39 is 11.9 Å². The summed E-state index contributed by atoms with van der Waals surface area (Å²) in [5.41, 5.74) is 1.35. The molecule has 0 aliphatic heterocycles. The lowest BCUT2D eigenvalue weighted by Crippen LogP contribution is -2.32. The minimum Gasteiger partial charge on any atom is -0.465 e. The smallest absolute Gasteiger partial charge is 0.337 e. The second kappa shape index (κ2) is 9.79. The van der Waals surface area contributed by atoms with Crippen molar-refractivity contribution in [3.63, 3.8) is 0 Å². The number of benzene rings is 2. The predicted molar refractivity (Wildman–Crippen MR) is 105 cm³/mol. The van der Waals surface area contributed by atoms with Crippen LogP contribution in [0, 0.1) is 5.82 Å². The Labute approximate surface area is 168 Å². The monoisotopic (exact) mass is 402 g/mol. The van der Waals surface area contributed by atoms with Crippen molar-refractivity contribution < 1.29 is 28.2 Å². The van der Waals surface area contributed by atoms with Gasteiger partial charge in [-0.25, -0.2) is 14.0 Å². The molecule has 2 aromatic rings. The van der Waals surface area contributed by atoms with Crippen molar-refractivity contribution in [1.82, 2.24) is 4.90 Å². The second-order valence-corrected chi connectivity index (χ2v) is 6.47. The zero-order valence-corrected chi connectivity index (χ0v) is 16.7. The standard InChI is InChI=1S/C21H23FN2O5/c1-13(14-5-7-17(22)8-6-14)24(2)12-19(25)23-18-10-15(20(26)28-3)9-16(11-18)21(27)29-4/h5-11,13H,12H2,1-4H3,(H,23,25). The highest BCUT2D eigenvalue weighted by atomic mass is 19.1. The summed E-state index contributed by atoms with van der Waals surface area (Å²) in [6.07, 6.45) is 0. The van der Waals surface area contributed by atoms with Gasteiger partial charge in [-0.1, -0.05) is 12.1 Å². The third-order valence-electron chi connectivity index (χ3n) is 4.47. The van der Waals surface area contributed by atoms with E-state index in [0.717, 1.165) is 5.56 Å². The molecule has 1 N–H and O–H groups in total. The molecule has 0 fully saturated rings. The van der Waals surface area contributed by atoms with Crippen LogP contribution in [0.1, 0.15) is 39.2 Å². The fraction of sp³-hybridized carbons (Fsp3) is 0.286. The predicted octanol–water partition coefficient (Wildman–Crippen LogP) is 3.03. The van der Waals surface area contributed by atoms with Gasteiger partial charge in [-0.05, 0) is 49.9 Å². The molecule has 0 aliphatic carbocycles. The number of anilines is 1. The van der Waals surface area contributed by atoms with Crippen molar-refractivity contribution in [1.29, 1.82) is 0 Å². The number of nitrogens with one attached hydrogen (secondary N) is 1. The lowest BCUT2D eigenvalue weighted by atomic mass is 10.1. The molecule has 0 heterocycles. The number of amides is 1. The van der Waals surface area contributed by atoms with Crippen LogP contribution in [0.2, 0.25) is 0 Å². The molecule has 2 aromatic carbocycles. The molecule has 0 spiro atoms. The summed E-state index contributed by atoms with van der Waals surface area (Å²) in [6, 6.07) is 10.1. The van der Waals surface area contributed by atoms with Gasteiger partial charge in [0.1, 0.15) is 5.82 Å². The van der Waals surface area contributed by atoms with Gasteiger partial charge in [0.05, 0.1) is 31.9 Å². The Morgan fingerprint density at radius 2 is 1.52 bits per heavy atom. The average Bonchev–Trinajstić information content (AvgIpc) is 2.72. The Morgan fingerprint density at radius 3 is 2.00 bits per heavy atom. The van der Waals surface area contributed by atoms with Gasteiger partial charge in [-0.15, -0.1) is 0 Å². The molecule has 2 rings (SSSR count). The van der Waals surface area contributed by atoms with Crippen LogP contribution in [0.15, 0.2) is 42.5 Å². The Morgan fingerprint density at radius 1 is 1.00 bits per heavy atom.